The Morgan fingerprint density at radius 2 is 2.11 bits per heavy atom. The molecule has 0 fully saturated rings. The molecule has 0 radical (unpaired) electrons. The third-order valence-corrected chi connectivity index (χ3v) is 3.91. The Morgan fingerprint density at radius 3 is 2.89 bits per heavy atom. The number of nitrogens with one attached hydrogen (secondary N) is 1. The van der Waals surface area contributed by atoms with Crippen molar-refractivity contribution in [1.29, 1.82) is 0 Å². The summed E-state index contributed by atoms with van der Waals surface area (Å²) in [5.41, 5.74) is 6.60. The van der Waals surface area contributed by atoms with Crippen LogP contribution in [0, 0.1) is 0 Å². The second kappa shape index (κ2) is 5.91. The number of nitrogens with two attached hydrogens (primary N) is 1. The normalized spacial score (nSPS) is 12.6. The lowest BCUT2D eigenvalue weighted by atomic mass is 10.2. The van der Waals surface area contributed by atoms with Crippen LogP contribution in [0.2, 0.25) is 0 Å². The Morgan fingerprint density at radius 1 is 1.33 bits per heavy atom. The molecule has 1 aromatic carbocycles. The smallest absolute Gasteiger partial charge is 0.222 e. The maximum atomic E-state index is 5.72. The molecule has 0 spiro atoms. The SMILES string of the molecule is CSC(C)CCNc1nc(N)nc2ccccc12. The van der Waals surface area contributed by atoms with Gasteiger partial charge in [-0.3, -0.25) is 0 Å². The lowest BCUT2D eigenvalue weighted by molar-refractivity contribution is 0.851. The molecule has 18 heavy (non-hydrogen) atoms. The van der Waals surface area contributed by atoms with Gasteiger partial charge < -0.3 is 11.1 Å². The summed E-state index contributed by atoms with van der Waals surface area (Å²) < 4.78 is 0. The Balaban J connectivity index is 2.17. The van der Waals surface area contributed by atoms with E-state index in [-0.39, 0.29) is 0 Å². The van der Waals surface area contributed by atoms with E-state index in [9.17, 15) is 0 Å². The molecule has 0 aliphatic heterocycles. The van der Waals surface area contributed by atoms with Gasteiger partial charge in [-0.05, 0) is 24.8 Å². The number of para-hydroxylation sites is 1. The van der Waals surface area contributed by atoms with Gasteiger partial charge in [0.15, 0.2) is 0 Å². The fourth-order valence-corrected chi connectivity index (χ4v) is 2.09. The number of fused-ring (bicyclic) bond motifs is 1. The van der Waals surface area contributed by atoms with Gasteiger partial charge in [-0.25, -0.2) is 4.98 Å². The highest BCUT2D eigenvalue weighted by molar-refractivity contribution is 7.99. The summed E-state index contributed by atoms with van der Waals surface area (Å²) in [6, 6.07) is 7.89. The van der Waals surface area contributed by atoms with Crippen LogP contribution in [-0.4, -0.2) is 28.0 Å². The highest BCUT2D eigenvalue weighted by Gasteiger charge is 2.05. The van der Waals surface area contributed by atoms with Gasteiger partial charge in [-0.1, -0.05) is 19.1 Å². The number of aromatic nitrogens is 2. The average Bonchev–Trinajstić information content (AvgIpc) is 2.38. The molecule has 2 aromatic rings. The first-order valence-corrected chi connectivity index (χ1v) is 7.28. The summed E-state index contributed by atoms with van der Waals surface area (Å²) in [4.78, 5) is 8.49. The minimum absolute atomic E-state index is 0.314. The molecule has 1 unspecified atom stereocenters. The van der Waals surface area contributed by atoms with Gasteiger partial charge in [0.25, 0.3) is 0 Å². The molecule has 0 saturated heterocycles. The van der Waals surface area contributed by atoms with Gasteiger partial charge in [-0.2, -0.15) is 16.7 Å². The molecule has 0 saturated carbocycles. The van der Waals surface area contributed by atoms with Crippen LogP contribution in [0.15, 0.2) is 24.3 Å². The van der Waals surface area contributed by atoms with Crippen molar-refractivity contribution < 1.29 is 0 Å². The van der Waals surface area contributed by atoms with Crippen LogP contribution in [0.5, 0.6) is 0 Å². The molecule has 2 rings (SSSR count). The number of nitrogen functional groups attached to an aromatic ring is 1. The minimum atomic E-state index is 0.314. The van der Waals surface area contributed by atoms with Crippen LogP contribution in [0.25, 0.3) is 10.9 Å². The topological polar surface area (TPSA) is 63.8 Å². The summed E-state index contributed by atoms with van der Waals surface area (Å²) in [6.07, 6.45) is 3.22. The number of hydrogen-bond donors (Lipinski definition) is 2. The molecule has 3 N–H and O–H groups in total. The number of hydrogen-bond acceptors (Lipinski definition) is 5. The largest absolute Gasteiger partial charge is 0.369 e. The fraction of sp³-hybridized carbons (Fsp3) is 0.385. The summed E-state index contributed by atoms with van der Waals surface area (Å²) >= 11 is 1.87. The summed E-state index contributed by atoms with van der Waals surface area (Å²) in [5.74, 6) is 1.14. The van der Waals surface area contributed by atoms with Gasteiger partial charge in [-0.15, -0.1) is 0 Å². The van der Waals surface area contributed by atoms with Crippen molar-refractivity contribution in [2.45, 2.75) is 18.6 Å². The number of anilines is 2. The van der Waals surface area contributed by atoms with Crippen LogP contribution in [0.1, 0.15) is 13.3 Å². The highest BCUT2D eigenvalue weighted by Crippen LogP contribution is 2.21. The van der Waals surface area contributed by atoms with E-state index in [0.717, 1.165) is 29.7 Å². The third kappa shape index (κ3) is 3.04. The van der Waals surface area contributed by atoms with Crippen molar-refractivity contribution in [1.82, 2.24) is 9.97 Å². The predicted molar refractivity (Wildman–Crippen MR) is 80.0 cm³/mol. The lowest BCUT2D eigenvalue weighted by Crippen LogP contribution is -2.10. The van der Waals surface area contributed by atoms with E-state index in [1.165, 1.54) is 0 Å². The molecule has 0 aliphatic carbocycles. The molecule has 1 aromatic heterocycles. The summed E-state index contributed by atoms with van der Waals surface area (Å²) in [6.45, 7) is 3.11. The molecule has 4 nitrogen and oxygen atoms in total. The quantitative estimate of drug-likeness (QED) is 0.867. The maximum Gasteiger partial charge on any atom is 0.222 e. The van der Waals surface area contributed by atoms with Crippen molar-refractivity contribution >= 4 is 34.4 Å². The lowest BCUT2D eigenvalue weighted by Gasteiger charge is -2.11. The van der Waals surface area contributed by atoms with E-state index in [1.807, 2.05) is 36.0 Å². The Kier molecular flexibility index (Phi) is 4.25. The predicted octanol–water partition coefficient (Wildman–Crippen LogP) is 2.77. The van der Waals surface area contributed by atoms with Gasteiger partial charge in [0.1, 0.15) is 5.82 Å². The van der Waals surface area contributed by atoms with Crippen molar-refractivity contribution in [2.75, 3.05) is 23.9 Å². The average molecular weight is 262 g/mol. The van der Waals surface area contributed by atoms with E-state index in [1.54, 1.807) is 0 Å². The zero-order chi connectivity index (χ0) is 13.0. The number of thioether (sulfide) groups is 1. The van der Waals surface area contributed by atoms with Crippen LogP contribution in [-0.2, 0) is 0 Å². The van der Waals surface area contributed by atoms with Gasteiger partial charge in [0.05, 0.1) is 5.52 Å². The molecule has 5 heteroatoms. The molecule has 1 heterocycles. The Labute approximate surface area is 111 Å². The first-order valence-electron chi connectivity index (χ1n) is 5.99. The maximum absolute atomic E-state index is 5.72. The zero-order valence-corrected chi connectivity index (χ0v) is 11.5. The van der Waals surface area contributed by atoms with E-state index in [2.05, 4.69) is 28.5 Å². The first-order chi connectivity index (χ1) is 8.70. The molecule has 0 bridgehead atoms. The van der Waals surface area contributed by atoms with Crippen molar-refractivity contribution in [3.8, 4) is 0 Å². The Bertz CT molecular complexity index is 529. The Hall–Kier alpha value is -1.49. The first kappa shape index (κ1) is 13.0. The second-order valence-corrected chi connectivity index (χ2v) is 5.49. The molecular formula is C13H18N4S. The standard InChI is InChI=1S/C13H18N4S/c1-9(18-2)7-8-15-12-10-5-3-4-6-11(10)16-13(14)17-12/h3-6,9H,7-8H2,1-2H3,(H3,14,15,16,17). The van der Waals surface area contributed by atoms with Gasteiger partial charge >= 0.3 is 0 Å². The molecular weight excluding hydrogens is 244 g/mol. The molecule has 0 amide bonds. The van der Waals surface area contributed by atoms with Crippen molar-refractivity contribution in [3.05, 3.63) is 24.3 Å². The van der Waals surface area contributed by atoms with Gasteiger partial charge in [0.2, 0.25) is 5.95 Å². The summed E-state index contributed by atoms with van der Waals surface area (Å²) in [5, 5.41) is 5.01. The molecule has 1 atom stereocenters. The second-order valence-electron chi connectivity index (χ2n) is 4.21. The van der Waals surface area contributed by atoms with E-state index in [4.69, 9.17) is 5.73 Å². The number of benzene rings is 1. The van der Waals surface area contributed by atoms with Crippen LogP contribution >= 0.6 is 11.8 Å². The van der Waals surface area contributed by atoms with Crippen LogP contribution in [0.4, 0.5) is 11.8 Å². The molecule has 0 aliphatic rings. The number of rotatable bonds is 5. The van der Waals surface area contributed by atoms with Crippen molar-refractivity contribution in [2.24, 2.45) is 0 Å². The van der Waals surface area contributed by atoms with Crippen LogP contribution < -0.4 is 11.1 Å². The highest BCUT2D eigenvalue weighted by atomic mass is 32.2. The van der Waals surface area contributed by atoms with E-state index >= 15 is 0 Å². The van der Waals surface area contributed by atoms with Gasteiger partial charge in [0, 0.05) is 17.2 Å². The molecule has 96 valence electrons. The minimum Gasteiger partial charge on any atom is -0.369 e. The zero-order valence-electron chi connectivity index (χ0n) is 10.7. The van der Waals surface area contributed by atoms with E-state index < -0.39 is 0 Å². The monoisotopic (exact) mass is 262 g/mol. The fourth-order valence-electron chi connectivity index (χ4n) is 1.74. The number of nitrogens with zero attached hydrogens (tertiary/aromatic N) is 2. The van der Waals surface area contributed by atoms with Crippen molar-refractivity contribution in [3.63, 3.8) is 0 Å². The van der Waals surface area contributed by atoms with E-state index in [0.29, 0.717) is 11.2 Å². The summed E-state index contributed by atoms with van der Waals surface area (Å²) in [7, 11) is 0. The van der Waals surface area contributed by atoms with Crippen LogP contribution in [0.3, 0.4) is 0 Å². The third-order valence-electron chi connectivity index (χ3n) is 2.87.